The first-order valence-electron chi connectivity index (χ1n) is 11.7. The monoisotopic (exact) mass is 476 g/mol. The van der Waals surface area contributed by atoms with Gasteiger partial charge in [-0.15, -0.1) is 8.20 Å². The molecule has 0 rings (SSSR count). The summed E-state index contributed by atoms with van der Waals surface area (Å²) in [6.07, 6.45) is 4.15. The molecular weight excluding hydrogens is 431 g/mol. The zero-order chi connectivity index (χ0) is 24.5. The van der Waals surface area contributed by atoms with Gasteiger partial charge in [0.2, 0.25) is 0 Å². The summed E-state index contributed by atoms with van der Waals surface area (Å²) in [5.74, 6) is 0.996. The van der Waals surface area contributed by atoms with Gasteiger partial charge in [-0.2, -0.15) is 0 Å². The van der Waals surface area contributed by atoms with Crippen LogP contribution in [0.5, 0.6) is 0 Å². The fourth-order valence-corrected chi connectivity index (χ4v) is 3.12. The normalized spacial score (nSPS) is 16.3. The molecule has 0 radical (unpaired) electrons. The zero-order valence-corrected chi connectivity index (χ0v) is 22.1. The first kappa shape index (κ1) is 31.0. The smallest absolute Gasteiger partial charge is 0.317 e. The van der Waals surface area contributed by atoms with E-state index in [1.165, 1.54) is 8.20 Å². The van der Waals surface area contributed by atoms with E-state index < -0.39 is 11.9 Å². The molecule has 0 heterocycles. The molecule has 0 saturated carbocycles. The van der Waals surface area contributed by atoms with Crippen LogP contribution in [0.3, 0.4) is 0 Å². The van der Waals surface area contributed by atoms with Crippen LogP contribution in [0.1, 0.15) is 79.6 Å². The lowest BCUT2D eigenvalue weighted by molar-refractivity contribution is -0.156. The quantitative estimate of drug-likeness (QED) is 0.115. The Morgan fingerprint density at radius 1 is 0.938 bits per heavy atom. The maximum absolute atomic E-state index is 11.9. The van der Waals surface area contributed by atoms with Crippen LogP contribution in [0.25, 0.3) is 0 Å². The van der Waals surface area contributed by atoms with Gasteiger partial charge in [-0.05, 0) is 53.1 Å². The standard InChI is InChI=1S/C24H45O7P/c1-8-23(4,27-6)12-16-28-20(3)11-15-29-21(25)19-22(26)30-17-13-24(5,9-2)31-14-10-18-32-7/h18,20H,8-17,19H2,1-7H3. The maximum Gasteiger partial charge on any atom is 0.317 e. The molecule has 0 N–H and O–H groups in total. The second kappa shape index (κ2) is 17.5. The Hall–Kier alpha value is -1.01. The number of ether oxygens (including phenoxy) is 5. The second-order valence-electron chi connectivity index (χ2n) is 8.48. The molecule has 0 aromatic rings. The molecule has 0 aliphatic heterocycles. The zero-order valence-electron chi connectivity index (χ0n) is 21.2. The number of methoxy groups -OCH3 is 1. The summed E-state index contributed by atoms with van der Waals surface area (Å²) in [7, 11) is 2.95. The molecule has 32 heavy (non-hydrogen) atoms. The fraction of sp³-hybridized carbons (Fsp3) is 0.875. The summed E-state index contributed by atoms with van der Waals surface area (Å²) < 4.78 is 27.6. The minimum atomic E-state index is -0.580. The average Bonchev–Trinajstić information content (AvgIpc) is 2.76. The first-order chi connectivity index (χ1) is 15.1. The lowest BCUT2D eigenvalue weighted by Gasteiger charge is -2.28. The number of carbonyl (C=O) groups excluding carboxylic acids is 2. The van der Waals surface area contributed by atoms with Gasteiger partial charge in [-0.3, -0.25) is 9.59 Å². The largest absolute Gasteiger partial charge is 0.465 e. The van der Waals surface area contributed by atoms with Gasteiger partial charge in [0.15, 0.2) is 0 Å². The lowest BCUT2D eigenvalue weighted by atomic mass is 9.99. The van der Waals surface area contributed by atoms with Crippen molar-refractivity contribution in [3.63, 3.8) is 0 Å². The Morgan fingerprint density at radius 3 is 2.09 bits per heavy atom. The van der Waals surface area contributed by atoms with E-state index in [-0.39, 0.29) is 36.9 Å². The molecule has 3 unspecified atom stereocenters. The van der Waals surface area contributed by atoms with Crippen LogP contribution in [0, 0.1) is 0 Å². The molecular formula is C24H45O7P. The van der Waals surface area contributed by atoms with Crippen LogP contribution in [-0.4, -0.2) is 75.2 Å². The van der Waals surface area contributed by atoms with Crippen LogP contribution in [0.2, 0.25) is 0 Å². The van der Waals surface area contributed by atoms with E-state index in [0.29, 0.717) is 26.1 Å². The van der Waals surface area contributed by atoms with E-state index in [4.69, 9.17) is 23.7 Å². The summed E-state index contributed by atoms with van der Waals surface area (Å²) in [5.41, 5.74) is -0.520. The van der Waals surface area contributed by atoms with Gasteiger partial charge in [-0.1, -0.05) is 19.6 Å². The molecule has 8 heteroatoms. The molecule has 0 bridgehead atoms. The summed E-state index contributed by atoms with van der Waals surface area (Å²) in [6.45, 7) is 13.9. The van der Waals surface area contributed by atoms with Crippen molar-refractivity contribution in [1.82, 2.24) is 0 Å². The topological polar surface area (TPSA) is 80.3 Å². The van der Waals surface area contributed by atoms with Crippen LogP contribution >= 0.6 is 8.20 Å². The van der Waals surface area contributed by atoms with Gasteiger partial charge in [0.1, 0.15) is 6.42 Å². The third-order valence-corrected chi connectivity index (χ3v) is 6.50. The van der Waals surface area contributed by atoms with Crippen LogP contribution in [0.4, 0.5) is 0 Å². The minimum absolute atomic E-state index is 0.0473. The van der Waals surface area contributed by atoms with Crippen molar-refractivity contribution in [2.45, 2.75) is 96.9 Å². The molecule has 0 saturated heterocycles. The summed E-state index contributed by atoms with van der Waals surface area (Å²) >= 11 is 0. The van der Waals surface area contributed by atoms with Crippen molar-refractivity contribution in [1.29, 1.82) is 0 Å². The van der Waals surface area contributed by atoms with Crippen LogP contribution in [-0.2, 0) is 33.3 Å². The van der Waals surface area contributed by atoms with Gasteiger partial charge < -0.3 is 23.7 Å². The Kier molecular flexibility index (Phi) is 16.9. The first-order valence-corrected chi connectivity index (χ1v) is 13.1. The van der Waals surface area contributed by atoms with Gasteiger partial charge >= 0.3 is 11.9 Å². The molecule has 0 fully saturated rings. The second-order valence-corrected chi connectivity index (χ2v) is 9.36. The minimum Gasteiger partial charge on any atom is -0.465 e. The van der Waals surface area contributed by atoms with Crippen molar-refractivity contribution in [3.8, 4) is 0 Å². The summed E-state index contributed by atoms with van der Waals surface area (Å²) in [4.78, 5) is 23.8. The molecule has 0 aromatic carbocycles. The van der Waals surface area contributed by atoms with Crippen molar-refractivity contribution < 1.29 is 33.3 Å². The molecule has 0 spiro atoms. The van der Waals surface area contributed by atoms with E-state index in [2.05, 4.69) is 26.3 Å². The highest BCUT2D eigenvalue weighted by Crippen LogP contribution is 2.21. The number of carbonyl (C=O) groups is 2. The van der Waals surface area contributed by atoms with Crippen LogP contribution < -0.4 is 0 Å². The van der Waals surface area contributed by atoms with E-state index in [0.717, 1.165) is 25.7 Å². The lowest BCUT2D eigenvalue weighted by Crippen LogP contribution is -2.31. The van der Waals surface area contributed by atoms with Crippen LogP contribution in [0.15, 0.2) is 0 Å². The van der Waals surface area contributed by atoms with E-state index in [1.54, 1.807) is 7.11 Å². The number of hydrogen-bond donors (Lipinski definition) is 0. The third kappa shape index (κ3) is 14.9. The number of esters is 2. The number of hydrogen-bond acceptors (Lipinski definition) is 7. The number of rotatable bonds is 19. The Balaban J connectivity index is 4.00. The molecule has 0 amide bonds. The summed E-state index contributed by atoms with van der Waals surface area (Å²) in [6, 6.07) is 0. The van der Waals surface area contributed by atoms with Gasteiger partial charge in [0.05, 0.1) is 37.1 Å². The molecule has 0 aromatic heterocycles. The fourth-order valence-electron chi connectivity index (χ4n) is 2.76. The van der Waals surface area contributed by atoms with Gasteiger partial charge in [-0.25, -0.2) is 0 Å². The SMILES string of the molecule is CCC(C)(CCOC(C)CCOC(=O)CC(=O)OCCC(C)(CC)OCCC=PC)OC. The van der Waals surface area contributed by atoms with Gasteiger partial charge in [0, 0.05) is 26.6 Å². The van der Waals surface area contributed by atoms with Crippen molar-refractivity contribution in [3.05, 3.63) is 0 Å². The predicted octanol–water partition coefficient (Wildman–Crippen LogP) is 4.81. The Bertz CT molecular complexity index is 548. The van der Waals surface area contributed by atoms with Gasteiger partial charge in [0.25, 0.3) is 0 Å². The van der Waals surface area contributed by atoms with Crippen molar-refractivity contribution in [2.24, 2.45) is 0 Å². The molecule has 0 aliphatic carbocycles. The molecule has 3 atom stereocenters. The molecule has 0 aliphatic rings. The maximum atomic E-state index is 11.9. The Labute approximate surface area is 196 Å². The predicted molar refractivity (Wildman–Crippen MR) is 130 cm³/mol. The molecule has 188 valence electrons. The summed E-state index contributed by atoms with van der Waals surface area (Å²) in [5, 5.41) is 0. The van der Waals surface area contributed by atoms with Crippen molar-refractivity contribution >= 4 is 25.9 Å². The third-order valence-electron chi connectivity index (χ3n) is 5.87. The molecule has 7 nitrogen and oxygen atoms in total. The Morgan fingerprint density at radius 2 is 1.53 bits per heavy atom. The van der Waals surface area contributed by atoms with Crippen molar-refractivity contribution in [2.75, 3.05) is 40.2 Å². The van der Waals surface area contributed by atoms with E-state index in [1.807, 2.05) is 20.8 Å². The highest BCUT2D eigenvalue weighted by molar-refractivity contribution is 7.37. The van der Waals surface area contributed by atoms with E-state index in [9.17, 15) is 9.59 Å². The average molecular weight is 477 g/mol. The highest BCUT2D eigenvalue weighted by atomic mass is 31.1. The van der Waals surface area contributed by atoms with E-state index >= 15 is 0 Å². The highest BCUT2D eigenvalue weighted by Gasteiger charge is 2.24.